The van der Waals surface area contributed by atoms with Crippen LogP contribution in [0.25, 0.3) is 16.6 Å². The molecule has 0 saturated heterocycles. The molecule has 1 aromatic heterocycles. The Hall–Kier alpha value is -2.40. The molecular weight excluding hydrogens is 356 g/mol. The highest BCUT2D eigenvalue weighted by Crippen LogP contribution is 2.31. The highest BCUT2D eigenvalue weighted by Gasteiger charge is 2.25. The smallest absolute Gasteiger partial charge is 0.266 e. The highest BCUT2D eigenvalue weighted by atomic mass is 32.2. The topological polar surface area (TPSA) is 52.0 Å². The summed E-state index contributed by atoms with van der Waals surface area (Å²) in [5, 5.41) is 1.07. The number of para-hydroxylation sites is 2. The van der Waals surface area contributed by atoms with Crippen LogP contribution in [0.4, 0.5) is 0 Å². The number of carbonyl (C=O) groups excluding carboxylic acids is 1. The van der Waals surface area contributed by atoms with Crippen molar-refractivity contribution < 1.29 is 4.79 Å². The predicted octanol–water partition coefficient (Wildman–Crippen LogP) is 4.69. The van der Waals surface area contributed by atoms with E-state index in [1.165, 1.54) is 11.8 Å². The summed E-state index contributed by atoms with van der Waals surface area (Å²) in [6.45, 7) is 1.99. The Balaban J connectivity index is 1.90. The van der Waals surface area contributed by atoms with Crippen LogP contribution in [0.2, 0.25) is 0 Å². The Morgan fingerprint density at radius 3 is 2.63 bits per heavy atom. The minimum atomic E-state index is -0.129. The molecular formula is C22H22N2O2S. The number of ketones is 1. The fourth-order valence-corrected chi connectivity index (χ4v) is 4.82. The maximum Gasteiger partial charge on any atom is 0.266 e. The number of aryl methyl sites for hydroxylation is 1. The summed E-state index contributed by atoms with van der Waals surface area (Å²) in [4.78, 5) is 30.7. The molecule has 1 heterocycles. The Labute approximate surface area is 162 Å². The lowest BCUT2D eigenvalue weighted by Gasteiger charge is -2.18. The van der Waals surface area contributed by atoms with Crippen LogP contribution in [0.5, 0.6) is 0 Å². The van der Waals surface area contributed by atoms with E-state index in [-0.39, 0.29) is 16.6 Å². The normalized spacial score (nSPS) is 17.8. The maximum absolute atomic E-state index is 13.3. The van der Waals surface area contributed by atoms with Gasteiger partial charge in [-0.2, -0.15) is 0 Å². The minimum absolute atomic E-state index is 0.0847. The quantitative estimate of drug-likeness (QED) is 0.490. The molecule has 4 nitrogen and oxygen atoms in total. The average molecular weight is 378 g/mol. The van der Waals surface area contributed by atoms with Gasteiger partial charge in [0, 0.05) is 6.42 Å². The standard InChI is InChI=1S/C22H22N2O2S/c1-15-9-5-8-12-18(15)24-21(26)16-10-6-7-11-17(16)23-22(24)27-20-14-4-2-3-13-19(20)25/h5-12,20H,2-4,13-14H2,1H3/t20-/m1/s1. The molecule has 1 fully saturated rings. The molecule has 0 spiro atoms. The lowest BCUT2D eigenvalue weighted by Crippen LogP contribution is -2.24. The molecule has 1 atom stereocenters. The van der Waals surface area contributed by atoms with Gasteiger partial charge in [-0.3, -0.25) is 14.2 Å². The van der Waals surface area contributed by atoms with E-state index in [1.54, 1.807) is 4.57 Å². The van der Waals surface area contributed by atoms with Crippen LogP contribution in [-0.2, 0) is 4.79 Å². The summed E-state index contributed by atoms with van der Waals surface area (Å²) in [6, 6.07) is 15.2. The van der Waals surface area contributed by atoms with Gasteiger partial charge < -0.3 is 0 Å². The molecule has 4 rings (SSSR count). The van der Waals surface area contributed by atoms with E-state index < -0.39 is 0 Å². The number of aromatic nitrogens is 2. The van der Waals surface area contributed by atoms with Gasteiger partial charge in [-0.25, -0.2) is 4.98 Å². The number of nitrogens with zero attached hydrogens (tertiary/aromatic N) is 2. The van der Waals surface area contributed by atoms with E-state index in [2.05, 4.69) is 0 Å². The number of benzene rings is 2. The molecule has 0 aliphatic heterocycles. The molecule has 0 radical (unpaired) electrons. The first-order chi connectivity index (χ1) is 13.1. The molecule has 138 valence electrons. The van der Waals surface area contributed by atoms with E-state index in [9.17, 15) is 9.59 Å². The van der Waals surface area contributed by atoms with Gasteiger partial charge in [0.2, 0.25) is 0 Å². The van der Waals surface area contributed by atoms with Crippen LogP contribution in [0.3, 0.4) is 0 Å². The largest absolute Gasteiger partial charge is 0.298 e. The lowest BCUT2D eigenvalue weighted by molar-refractivity contribution is -0.118. The van der Waals surface area contributed by atoms with Crippen molar-refractivity contribution in [1.82, 2.24) is 9.55 Å². The fraction of sp³-hybridized carbons (Fsp3) is 0.318. The van der Waals surface area contributed by atoms with Gasteiger partial charge in [0.1, 0.15) is 5.78 Å². The number of hydrogen-bond donors (Lipinski definition) is 0. The zero-order chi connectivity index (χ0) is 18.8. The number of thioether (sulfide) groups is 1. The molecule has 1 aliphatic carbocycles. The molecule has 27 heavy (non-hydrogen) atoms. The van der Waals surface area contributed by atoms with Gasteiger partial charge in [0.25, 0.3) is 5.56 Å². The summed E-state index contributed by atoms with van der Waals surface area (Å²) in [6.07, 6.45) is 4.58. The monoisotopic (exact) mass is 378 g/mol. The first kappa shape index (κ1) is 18.0. The van der Waals surface area contributed by atoms with E-state index >= 15 is 0 Å². The predicted molar refractivity (Wildman–Crippen MR) is 110 cm³/mol. The van der Waals surface area contributed by atoms with Crippen LogP contribution >= 0.6 is 11.8 Å². The summed E-state index contributed by atoms with van der Waals surface area (Å²) in [7, 11) is 0. The molecule has 0 unspecified atom stereocenters. The molecule has 3 aromatic rings. The molecule has 0 N–H and O–H groups in total. The van der Waals surface area contributed by atoms with Gasteiger partial charge >= 0.3 is 0 Å². The summed E-state index contributed by atoms with van der Waals surface area (Å²) in [5.74, 6) is 0.274. The Bertz CT molecular complexity index is 1060. The first-order valence-corrected chi connectivity index (χ1v) is 10.3. The van der Waals surface area contributed by atoms with E-state index in [0.29, 0.717) is 22.5 Å². The minimum Gasteiger partial charge on any atom is -0.298 e. The van der Waals surface area contributed by atoms with Gasteiger partial charge in [-0.15, -0.1) is 0 Å². The maximum atomic E-state index is 13.3. The van der Waals surface area contributed by atoms with Crippen LogP contribution < -0.4 is 5.56 Å². The fourth-order valence-electron chi connectivity index (χ4n) is 3.60. The average Bonchev–Trinajstić information content (AvgIpc) is 2.88. The summed E-state index contributed by atoms with van der Waals surface area (Å²) in [5.41, 5.74) is 2.42. The Morgan fingerprint density at radius 2 is 1.78 bits per heavy atom. The highest BCUT2D eigenvalue weighted by molar-refractivity contribution is 8.00. The van der Waals surface area contributed by atoms with Gasteiger partial charge in [-0.1, -0.05) is 54.9 Å². The van der Waals surface area contributed by atoms with E-state index in [4.69, 9.17) is 4.98 Å². The van der Waals surface area contributed by atoms with Crippen LogP contribution in [0.1, 0.15) is 37.7 Å². The van der Waals surface area contributed by atoms with Crippen LogP contribution in [-0.4, -0.2) is 20.6 Å². The number of Topliss-reactive ketones (excluding diaryl/α,β-unsaturated/α-hetero) is 1. The van der Waals surface area contributed by atoms with Gasteiger partial charge in [-0.05, 0) is 43.5 Å². The van der Waals surface area contributed by atoms with Crippen LogP contribution in [0, 0.1) is 6.92 Å². The first-order valence-electron chi connectivity index (χ1n) is 9.42. The van der Waals surface area contributed by atoms with Crippen molar-refractivity contribution in [3.8, 4) is 5.69 Å². The van der Waals surface area contributed by atoms with Crippen molar-refractivity contribution in [2.75, 3.05) is 0 Å². The third kappa shape index (κ3) is 3.56. The van der Waals surface area contributed by atoms with Crippen LogP contribution in [0.15, 0.2) is 58.5 Å². The summed E-state index contributed by atoms with van der Waals surface area (Å²) < 4.78 is 1.68. The summed E-state index contributed by atoms with van der Waals surface area (Å²) >= 11 is 1.45. The third-order valence-electron chi connectivity index (χ3n) is 5.10. The van der Waals surface area contributed by atoms with E-state index in [1.807, 2.05) is 55.5 Å². The van der Waals surface area contributed by atoms with Crippen molar-refractivity contribution in [1.29, 1.82) is 0 Å². The van der Waals surface area contributed by atoms with E-state index in [0.717, 1.165) is 36.9 Å². The second-order valence-corrected chi connectivity index (χ2v) is 8.18. The van der Waals surface area contributed by atoms with Crippen molar-refractivity contribution in [3.63, 3.8) is 0 Å². The molecule has 0 bridgehead atoms. The number of fused-ring (bicyclic) bond motifs is 1. The lowest BCUT2D eigenvalue weighted by atomic mass is 10.2. The molecule has 1 aliphatic rings. The van der Waals surface area contributed by atoms with Gasteiger partial charge in [0.15, 0.2) is 5.16 Å². The number of hydrogen-bond acceptors (Lipinski definition) is 4. The van der Waals surface area contributed by atoms with Crippen molar-refractivity contribution in [2.24, 2.45) is 0 Å². The zero-order valence-corrected chi connectivity index (χ0v) is 16.2. The zero-order valence-electron chi connectivity index (χ0n) is 15.4. The van der Waals surface area contributed by atoms with Crippen molar-refractivity contribution in [2.45, 2.75) is 49.4 Å². The SMILES string of the molecule is Cc1ccccc1-n1c(S[C@@H]2CCCCCC2=O)nc2ccccc2c1=O. The van der Waals surface area contributed by atoms with Gasteiger partial charge in [0.05, 0.1) is 21.8 Å². The molecule has 5 heteroatoms. The Morgan fingerprint density at radius 1 is 1.00 bits per heavy atom. The Kier molecular flexibility index (Phi) is 5.12. The van der Waals surface area contributed by atoms with Crippen molar-refractivity contribution in [3.05, 3.63) is 64.4 Å². The van der Waals surface area contributed by atoms with Crippen molar-refractivity contribution >= 4 is 28.4 Å². The second kappa shape index (κ2) is 7.69. The number of carbonyl (C=O) groups is 1. The molecule has 2 aromatic carbocycles. The second-order valence-electron chi connectivity index (χ2n) is 7.01. The number of rotatable bonds is 3. The molecule has 1 saturated carbocycles. The molecule has 0 amide bonds. The third-order valence-corrected chi connectivity index (χ3v) is 6.37.